The third-order valence-electron chi connectivity index (χ3n) is 11.8. The molecule has 0 radical (unpaired) electrons. The number of amides is 1. The van der Waals surface area contributed by atoms with Crippen molar-refractivity contribution in [2.75, 3.05) is 37.0 Å². The third kappa shape index (κ3) is 6.42. The molecule has 5 heterocycles. The number of rotatable bonds is 10. The van der Waals surface area contributed by atoms with E-state index in [9.17, 15) is 10.1 Å². The fraction of sp³-hybridized carbons (Fsp3) is 0.605. The van der Waals surface area contributed by atoms with Crippen LogP contribution >= 0.6 is 0 Å². The fourth-order valence-electron chi connectivity index (χ4n) is 9.13. The minimum Gasteiger partial charge on any atom is -0.495 e. The standard InChI is InChI=1S/C38H50N10O2/c1-3-32-35-31(21-39)42-23-47(35)33-22-41-38(45-36(33)48(32)28-6-4-5-7-28)44-30-11-10-25(19-34(30)50-2)37(49)43-26-14-17-46(27-12-15-40-16-13-27)29(20-26)18-24-8-9-24/h10-11,19,22-24,26-29,32,40H,3-9,12-18,20H2,1-2H3,(H,43,49)(H,41,44,45)/t26?,29-,32-/m1/s1. The second-order valence-electron chi connectivity index (χ2n) is 14.9. The Morgan fingerprint density at radius 2 is 1.90 bits per heavy atom. The largest absolute Gasteiger partial charge is 0.495 e. The summed E-state index contributed by atoms with van der Waals surface area (Å²) in [7, 11) is 1.62. The molecule has 3 aromatic rings. The Morgan fingerprint density at radius 3 is 2.64 bits per heavy atom. The van der Waals surface area contributed by atoms with Crippen LogP contribution in [0.5, 0.6) is 5.75 Å². The van der Waals surface area contributed by atoms with Crippen molar-refractivity contribution < 1.29 is 9.53 Å². The molecule has 8 rings (SSSR count). The van der Waals surface area contributed by atoms with Crippen LogP contribution in [0, 0.1) is 17.2 Å². The summed E-state index contributed by atoms with van der Waals surface area (Å²) in [6.45, 7) is 5.43. The normalized spacial score (nSPS) is 24.3. The lowest BCUT2D eigenvalue weighted by Crippen LogP contribution is -2.55. The first-order valence-electron chi connectivity index (χ1n) is 18.9. The van der Waals surface area contributed by atoms with E-state index in [4.69, 9.17) is 14.7 Å². The topological polar surface area (TPSA) is 136 Å². The monoisotopic (exact) mass is 678 g/mol. The Bertz CT molecular complexity index is 1740. The van der Waals surface area contributed by atoms with E-state index < -0.39 is 0 Å². The minimum absolute atomic E-state index is 0.00128. The molecule has 12 nitrogen and oxygen atoms in total. The van der Waals surface area contributed by atoms with E-state index in [1.165, 1.54) is 44.9 Å². The van der Waals surface area contributed by atoms with Gasteiger partial charge in [-0.25, -0.2) is 9.97 Å². The van der Waals surface area contributed by atoms with Crippen LogP contribution in [0.4, 0.5) is 17.5 Å². The summed E-state index contributed by atoms with van der Waals surface area (Å²) in [5, 5.41) is 20.1. The van der Waals surface area contributed by atoms with Crippen LogP contribution in [0.25, 0.3) is 5.69 Å². The van der Waals surface area contributed by atoms with Crippen LogP contribution in [-0.2, 0) is 0 Å². The molecule has 5 aliphatic rings. The molecule has 1 unspecified atom stereocenters. The number of fused-ring (bicyclic) bond motifs is 3. The van der Waals surface area contributed by atoms with Crippen LogP contribution in [0.3, 0.4) is 0 Å². The Labute approximate surface area is 295 Å². The molecule has 3 aliphatic heterocycles. The lowest BCUT2D eigenvalue weighted by molar-refractivity contribution is 0.0521. The number of ether oxygens (including phenoxy) is 1. The number of nitriles is 1. The number of nitrogens with one attached hydrogen (secondary N) is 3. The van der Waals surface area contributed by atoms with Crippen molar-refractivity contribution in [3.63, 3.8) is 0 Å². The van der Waals surface area contributed by atoms with Crippen molar-refractivity contribution in [1.82, 2.24) is 35.1 Å². The number of piperidine rings is 2. The first kappa shape index (κ1) is 33.0. The molecular weight excluding hydrogens is 628 g/mol. The van der Waals surface area contributed by atoms with Crippen molar-refractivity contribution in [2.24, 2.45) is 5.92 Å². The van der Waals surface area contributed by atoms with Crippen molar-refractivity contribution in [3.8, 4) is 17.5 Å². The summed E-state index contributed by atoms with van der Waals surface area (Å²) >= 11 is 0. The van der Waals surface area contributed by atoms with Crippen LogP contribution in [-0.4, -0.2) is 81.2 Å². The first-order valence-corrected chi connectivity index (χ1v) is 18.9. The summed E-state index contributed by atoms with van der Waals surface area (Å²) in [6, 6.07) is 9.56. The van der Waals surface area contributed by atoms with Gasteiger partial charge in [-0.2, -0.15) is 10.2 Å². The maximum atomic E-state index is 13.6. The number of anilines is 3. The number of methoxy groups -OCH3 is 1. The van der Waals surface area contributed by atoms with Crippen LogP contribution in [0.2, 0.25) is 0 Å². The third-order valence-corrected chi connectivity index (χ3v) is 11.8. The number of benzene rings is 1. The zero-order valence-electron chi connectivity index (χ0n) is 29.4. The predicted octanol–water partition coefficient (Wildman–Crippen LogP) is 5.61. The number of carbonyl (C=O) groups is 1. The lowest BCUT2D eigenvalue weighted by Gasteiger charge is -2.45. The zero-order chi connectivity index (χ0) is 34.2. The van der Waals surface area contributed by atoms with Gasteiger partial charge in [-0.05, 0) is 88.6 Å². The average Bonchev–Trinajstić information content (AvgIpc) is 3.60. The maximum Gasteiger partial charge on any atom is 0.251 e. The number of imidazole rings is 1. The average molecular weight is 679 g/mol. The molecule has 0 bridgehead atoms. The summed E-state index contributed by atoms with van der Waals surface area (Å²) in [5.74, 6) is 2.65. The number of nitrogens with zero attached hydrogens (tertiary/aromatic N) is 7. The molecule has 4 fully saturated rings. The smallest absolute Gasteiger partial charge is 0.251 e. The molecule has 0 spiro atoms. The minimum atomic E-state index is -0.0592. The lowest BCUT2D eigenvalue weighted by atomic mass is 9.89. The summed E-state index contributed by atoms with van der Waals surface area (Å²) < 4.78 is 7.78. The van der Waals surface area contributed by atoms with E-state index in [2.05, 4.69) is 43.7 Å². The summed E-state index contributed by atoms with van der Waals surface area (Å²) in [5.41, 5.74) is 3.48. The van der Waals surface area contributed by atoms with Gasteiger partial charge in [0.1, 0.15) is 23.8 Å². The molecule has 2 saturated carbocycles. The van der Waals surface area contributed by atoms with Crippen molar-refractivity contribution in [2.45, 2.75) is 114 Å². The Balaban J connectivity index is 0.993. The number of aromatic nitrogens is 4. The van der Waals surface area contributed by atoms with Gasteiger partial charge in [0.15, 0.2) is 11.5 Å². The molecule has 2 saturated heterocycles. The fourth-order valence-corrected chi connectivity index (χ4v) is 9.13. The highest BCUT2D eigenvalue weighted by Crippen LogP contribution is 2.45. The molecule has 1 aromatic carbocycles. The van der Waals surface area contributed by atoms with E-state index >= 15 is 0 Å². The van der Waals surface area contributed by atoms with Gasteiger partial charge in [-0.1, -0.05) is 32.6 Å². The number of likely N-dealkylation sites (tertiary alicyclic amines) is 1. The van der Waals surface area contributed by atoms with E-state index in [1.807, 2.05) is 22.9 Å². The second kappa shape index (κ2) is 14.2. The van der Waals surface area contributed by atoms with Gasteiger partial charge in [-0.15, -0.1) is 0 Å². The van der Waals surface area contributed by atoms with Gasteiger partial charge in [0.2, 0.25) is 5.95 Å². The SMILES string of the molecule is CC[C@@H]1c2c(C#N)ncn2-c2cnc(Nc3ccc(C(=O)NC4CCN(C5CCNCC5)[C@H](CC5CC5)C4)cc3OC)nc2N1C1CCCC1. The van der Waals surface area contributed by atoms with Crippen molar-refractivity contribution in [3.05, 3.63) is 47.7 Å². The predicted molar refractivity (Wildman–Crippen MR) is 192 cm³/mol. The summed E-state index contributed by atoms with van der Waals surface area (Å²) in [6.07, 6.45) is 17.3. The van der Waals surface area contributed by atoms with Crippen molar-refractivity contribution in [1.29, 1.82) is 5.26 Å². The van der Waals surface area contributed by atoms with E-state index in [1.54, 1.807) is 19.5 Å². The summed E-state index contributed by atoms with van der Waals surface area (Å²) in [4.78, 5) is 33.0. The van der Waals surface area contributed by atoms with Gasteiger partial charge >= 0.3 is 0 Å². The van der Waals surface area contributed by atoms with Gasteiger partial charge in [0.25, 0.3) is 5.91 Å². The number of hydrogen-bond donors (Lipinski definition) is 3. The van der Waals surface area contributed by atoms with Gasteiger partial charge < -0.3 is 25.6 Å². The highest BCUT2D eigenvalue weighted by molar-refractivity contribution is 5.95. The molecule has 264 valence electrons. The van der Waals surface area contributed by atoms with E-state index in [0.29, 0.717) is 46.8 Å². The quantitative estimate of drug-likeness (QED) is 0.248. The Kier molecular flexibility index (Phi) is 9.36. The second-order valence-corrected chi connectivity index (χ2v) is 14.9. The molecule has 3 N–H and O–H groups in total. The van der Waals surface area contributed by atoms with Gasteiger partial charge in [0.05, 0.1) is 30.7 Å². The van der Waals surface area contributed by atoms with Crippen molar-refractivity contribution >= 4 is 23.4 Å². The molecule has 12 heteroatoms. The molecular formula is C38H50N10O2. The highest BCUT2D eigenvalue weighted by Gasteiger charge is 2.40. The molecule has 3 atom stereocenters. The molecule has 1 amide bonds. The molecule has 50 heavy (non-hydrogen) atoms. The molecule has 2 aromatic heterocycles. The van der Waals surface area contributed by atoms with E-state index in [0.717, 1.165) is 74.9 Å². The van der Waals surface area contributed by atoms with Crippen LogP contribution in [0.15, 0.2) is 30.7 Å². The number of carbonyl (C=O) groups excluding carboxylic acids is 1. The van der Waals surface area contributed by atoms with Gasteiger partial charge in [0, 0.05) is 36.3 Å². The first-order chi connectivity index (χ1) is 24.5. The van der Waals surface area contributed by atoms with E-state index in [-0.39, 0.29) is 18.0 Å². The maximum absolute atomic E-state index is 13.6. The number of hydrogen-bond acceptors (Lipinski definition) is 10. The highest BCUT2D eigenvalue weighted by atomic mass is 16.5. The van der Waals surface area contributed by atoms with Gasteiger partial charge in [-0.3, -0.25) is 14.3 Å². The van der Waals surface area contributed by atoms with Crippen LogP contribution < -0.4 is 25.6 Å². The Hall–Kier alpha value is -4.21. The Morgan fingerprint density at radius 1 is 1.08 bits per heavy atom. The van der Waals surface area contributed by atoms with Crippen LogP contribution in [0.1, 0.15) is 112 Å². The molecule has 2 aliphatic carbocycles. The zero-order valence-corrected chi connectivity index (χ0v) is 29.4.